The standard InChI is InChI=1S/C14H11F2N3O2/c1-20-11-6-12(13(7-17)18-8-11)19-9-2-4-10(5-3-9)21-14(15)16/h2-6,8,14,19H,1H3. The lowest BCUT2D eigenvalue weighted by molar-refractivity contribution is -0.0498. The van der Waals surface area contributed by atoms with Crippen LogP contribution in [0, 0.1) is 11.3 Å². The molecule has 0 saturated carbocycles. The van der Waals surface area contributed by atoms with E-state index in [0.29, 0.717) is 17.1 Å². The van der Waals surface area contributed by atoms with Gasteiger partial charge in [-0.15, -0.1) is 0 Å². The predicted molar refractivity (Wildman–Crippen MR) is 71.9 cm³/mol. The first kappa shape index (κ1) is 14.5. The van der Waals surface area contributed by atoms with E-state index in [2.05, 4.69) is 15.0 Å². The van der Waals surface area contributed by atoms with Crippen molar-refractivity contribution in [3.8, 4) is 17.6 Å². The van der Waals surface area contributed by atoms with Crippen LogP contribution in [0.15, 0.2) is 36.5 Å². The third kappa shape index (κ3) is 3.79. The normalized spacial score (nSPS) is 10.0. The molecule has 21 heavy (non-hydrogen) atoms. The molecule has 0 radical (unpaired) electrons. The van der Waals surface area contributed by atoms with Gasteiger partial charge in [-0.2, -0.15) is 14.0 Å². The van der Waals surface area contributed by atoms with E-state index in [9.17, 15) is 8.78 Å². The number of ether oxygens (including phenoxy) is 2. The predicted octanol–water partition coefficient (Wildman–Crippen LogP) is 3.31. The molecule has 1 heterocycles. The van der Waals surface area contributed by atoms with Crippen molar-refractivity contribution in [3.63, 3.8) is 0 Å². The Morgan fingerprint density at radius 2 is 1.95 bits per heavy atom. The molecule has 0 spiro atoms. The Labute approximate surface area is 119 Å². The van der Waals surface area contributed by atoms with Gasteiger partial charge in [0.2, 0.25) is 0 Å². The van der Waals surface area contributed by atoms with E-state index in [1.807, 2.05) is 6.07 Å². The second kappa shape index (κ2) is 6.52. The maximum absolute atomic E-state index is 12.1. The van der Waals surface area contributed by atoms with E-state index in [1.54, 1.807) is 18.2 Å². The molecule has 0 aliphatic rings. The smallest absolute Gasteiger partial charge is 0.387 e. The van der Waals surface area contributed by atoms with Crippen LogP contribution >= 0.6 is 0 Å². The summed E-state index contributed by atoms with van der Waals surface area (Å²) in [6, 6.07) is 9.47. The zero-order valence-corrected chi connectivity index (χ0v) is 11.0. The minimum Gasteiger partial charge on any atom is -0.495 e. The Morgan fingerprint density at radius 1 is 1.24 bits per heavy atom. The summed E-state index contributed by atoms with van der Waals surface area (Å²) < 4.78 is 33.4. The molecule has 1 aromatic carbocycles. The molecule has 7 heteroatoms. The van der Waals surface area contributed by atoms with Gasteiger partial charge in [0.25, 0.3) is 0 Å². The number of halogens is 2. The van der Waals surface area contributed by atoms with Gasteiger partial charge < -0.3 is 14.8 Å². The lowest BCUT2D eigenvalue weighted by atomic mass is 10.2. The summed E-state index contributed by atoms with van der Waals surface area (Å²) in [7, 11) is 1.49. The molecule has 0 aliphatic heterocycles. The number of methoxy groups -OCH3 is 1. The number of rotatable bonds is 5. The van der Waals surface area contributed by atoms with Crippen molar-refractivity contribution >= 4 is 11.4 Å². The lowest BCUT2D eigenvalue weighted by Gasteiger charge is -2.10. The average Bonchev–Trinajstić information content (AvgIpc) is 2.48. The van der Waals surface area contributed by atoms with Gasteiger partial charge in [-0.25, -0.2) is 4.98 Å². The maximum Gasteiger partial charge on any atom is 0.387 e. The summed E-state index contributed by atoms with van der Waals surface area (Å²) in [6.07, 6.45) is 1.43. The molecule has 0 amide bonds. The molecule has 0 fully saturated rings. The van der Waals surface area contributed by atoms with E-state index in [-0.39, 0.29) is 11.4 Å². The Balaban J connectivity index is 2.20. The Kier molecular flexibility index (Phi) is 4.51. The fourth-order valence-electron chi connectivity index (χ4n) is 1.62. The first-order chi connectivity index (χ1) is 10.1. The van der Waals surface area contributed by atoms with Gasteiger partial charge in [0.15, 0.2) is 5.69 Å². The highest BCUT2D eigenvalue weighted by Gasteiger charge is 2.07. The number of hydrogen-bond donors (Lipinski definition) is 1. The van der Waals surface area contributed by atoms with E-state index >= 15 is 0 Å². The summed E-state index contributed by atoms with van der Waals surface area (Å²) >= 11 is 0. The Bertz CT molecular complexity index is 654. The lowest BCUT2D eigenvalue weighted by Crippen LogP contribution is -2.02. The monoisotopic (exact) mass is 291 g/mol. The van der Waals surface area contributed by atoms with Gasteiger partial charge in [-0.3, -0.25) is 0 Å². The highest BCUT2D eigenvalue weighted by molar-refractivity contribution is 5.66. The number of aromatic nitrogens is 1. The number of pyridine rings is 1. The highest BCUT2D eigenvalue weighted by atomic mass is 19.3. The van der Waals surface area contributed by atoms with Crippen LogP contribution in [0.25, 0.3) is 0 Å². The van der Waals surface area contributed by atoms with Gasteiger partial charge in [-0.05, 0) is 24.3 Å². The third-order valence-corrected chi connectivity index (χ3v) is 2.56. The molecule has 5 nitrogen and oxygen atoms in total. The molecule has 108 valence electrons. The van der Waals surface area contributed by atoms with Gasteiger partial charge >= 0.3 is 6.61 Å². The molecule has 0 unspecified atom stereocenters. The fourth-order valence-corrected chi connectivity index (χ4v) is 1.62. The molecule has 0 saturated heterocycles. The largest absolute Gasteiger partial charge is 0.495 e. The SMILES string of the molecule is COc1cnc(C#N)c(Nc2ccc(OC(F)F)cc2)c1. The van der Waals surface area contributed by atoms with Crippen LogP contribution in [0.2, 0.25) is 0 Å². The van der Waals surface area contributed by atoms with Crippen LogP contribution < -0.4 is 14.8 Å². The number of hydrogen-bond acceptors (Lipinski definition) is 5. The van der Waals surface area contributed by atoms with Crippen molar-refractivity contribution in [1.82, 2.24) is 4.98 Å². The third-order valence-electron chi connectivity index (χ3n) is 2.56. The Morgan fingerprint density at radius 3 is 2.52 bits per heavy atom. The van der Waals surface area contributed by atoms with Crippen LogP contribution in [0.5, 0.6) is 11.5 Å². The number of nitrogens with one attached hydrogen (secondary N) is 1. The van der Waals surface area contributed by atoms with E-state index in [4.69, 9.17) is 10.00 Å². The molecule has 2 aromatic rings. The molecule has 2 rings (SSSR count). The number of alkyl halides is 2. The summed E-state index contributed by atoms with van der Waals surface area (Å²) in [5.41, 5.74) is 1.26. The number of nitrogens with zero attached hydrogens (tertiary/aromatic N) is 2. The maximum atomic E-state index is 12.1. The average molecular weight is 291 g/mol. The van der Waals surface area contributed by atoms with Crippen LogP contribution in [0.3, 0.4) is 0 Å². The minimum absolute atomic E-state index is 0.0554. The Hall–Kier alpha value is -2.88. The van der Waals surface area contributed by atoms with Crippen molar-refractivity contribution in [2.45, 2.75) is 6.61 Å². The van der Waals surface area contributed by atoms with Crippen LogP contribution in [-0.2, 0) is 0 Å². The number of nitriles is 1. The van der Waals surface area contributed by atoms with Gasteiger partial charge in [0.1, 0.15) is 17.6 Å². The molecular weight excluding hydrogens is 280 g/mol. The van der Waals surface area contributed by atoms with Crippen molar-refractivity contribution in [2.75, 3.05) is 12.4 Å². The molecule has 0 bridgehead atoms. The van der Waals surface area contributed by atoms with Crippen LogP contribution in [-0.4, -0.2) is 18.7 Å². The van der Waals surface area contributed by atoms with Crippen molar-refractivity contribution in [1.29, 1.82) is 5.26 Å². The van der Waals surface area contributed by atoms with E-state index in [0.717, 1.165) is 0 Å². The summed E-state index contributed by atoms with van der Waals surface area (Å²) in [5.74, 6) is 0.550. The first-order valence-corrected chi connectivity index (χ1v) is 5.88. The summed E-state index contributed by atoms with van der Waals surface area (Å²) in [4.78, 5) is 3.95. The van der Waals surface area contributed by atoms with Crippen molar-refractivity contribution < 1.29 is 18.3 Å². The van der Waals surface area contributed by atoms with Crippen LogP contribution in [0.4, 0.5) is 20.2 Å². The molecule has 1 aromatic heterocycles. The molecule has 0 aliphatic carbocycles. The highest BCUT2D eigenvalue weighted by Crippen LogP contribution is 2.25. The van der Waals surface area contributed by atoms with Gasteiger partial charge in [-0.1, -0.05) is 0 Å². The number of benzene rings is 1. The number of anilines is 2. The second-order valence-corrected chi connectivity index (χ2v) is 3.91. The second-order valence-electron chi connectivity index (χ2n) is 3.91. The van der Waals surface area contributed by atoms with Gasteiger partial charge in [0, 0.05) is 11.8 Å². The first-order valence-electron chi connectivity index (χ1n) is 5.88. The summed E-state index contributed by atoms with van der Waals surface area (Å²) in [5, 5.41) is 12.0. The van der Waals surface area contributed by atoms with E-state index in [1.165, 1.54) is 25.4 Å². The molecule has 1 N–H and O–H groups in total. The zero-order valence-electron chi connectivity index (χ0n) is 11.0. The van der Waals surface area contributed by atoms with Crippen molar-refractivity contribution in [3.05, 3.63) is 42.2 Å². The van der Waals surface area contributed by atoms with Gasteiger partial charge in [0.05, 0.1) is 19.0 Å². The fraction of sp³-hybridized carbons (Fsp3) is 0.143. The minimum atomic E-state index is -2.86. The van der Waals surface area contributed by atoms with Crippen LogP contribution in [0.1, 0.15) is 5.69 Å². The zero-order chi connectivity index (χ0) is 15.2. The molecule has 0 atom stereocenters. The van der Waals surface area contributed by atoms with E-state index < -0.39 is 6.61 Å². The summed E-state index contributed by atoms with van der Waals surface area (Å²) in [6.45, 7) is -2.86. The quantitative estimate of drug-likeness (QED) is 0.915. The topological polar surface area (TPSA) is 67.2 Å². The molecular formula is C14H11F2N3O2. The van der Waals surface area contributed by atoms with Crippen molar-refractivity contribution in [2.24, 2.45) is 0 Å².